The van der Waals surface area contributed by atoms with Crippen molar-refractivity contribution in [1.29, 1.82) is 0 Å². The predicted molar refractivity (Wildman–Crippen MR) is 80.0 cm³/mol. The van der Waals surface area contributed by atoms with Crippen LogP contribution in [0.3, 0.4) is 0 Å². The minimum Gasteiger partial charge on any atom is -0.0625 e. The fourth-order valence-corrected chi connectivity index (χ4v) is 2.92. The lowest BCUT2D eigenvalue weighted by Crippen LogP contribution is -2.13. The Balaban J connectivity index is 3.70. The molecule has 1 radical (unpaired) electrons. The average Bonchev–Trinajstić information content (AvgIpc) is 1.95. The van der Waals surface area contributed by atoms with Gasteiger partial charge in [-0.1, -0.05) is 55.4 Å². The van der Waals surface area contributed by atoms with Crippen LogP contribution in [0.25, 0.3) is 0 Å². The van der Waals surface area contributed by atoms with Crippen LogP contribution in [0, 0.1) is 29.1 Å². The van der Waals surface area contributed by atoms with Crippen LogP contribution in [0.15, 0.2) is 0 Å². The largest absolute Gasteiger partial charge is 0.0625 e. The van der Waals surface area contributed by atoms with E-state index in [1.165, 1.54) is 25.7 Å². The van der Waals surface area contributed by atoms with Gasteiger partial charge in [0.1, 0.15) is 0 Å². The van der Waals surface area contributed by atoms with Crippen LogP contribution in [0.1, 0.15) is 81.1 Å². The predicted octanol–water partition coefficient (Wildman–Crippen LogP) is 6.12. The van der Waals surface area contributed by atoms with E-state index in [-0.39, 0.29) is 0 Å². The van der Waals surface area contributed by atoms with E-state index in [4.69, 9.17) is 0 Å². The Bertz CT molecular complexity index is 167. The summed E-state index contributed by atoms with van der Waals surface area (Å²) >= 11 is 0. The van der Waals surface area contributed by atoms with E-state index in [0.717, 1.165) is 11.8 Å². The molecule has 0 heterocycles. The molecule has 0 nitrogen and oxygen atoms in total. The van der Waals surface area contributed by atoms with Gasteiger partial charge in [-0.05, 0) is 54.8 Å². The first-order valence-corrected chi connectivity index (χ1v) is 7.31. The molecule has 103 valence electrons. The van der Waals surface area contributed by atoms with Crippen molar-refractivity contribution >= 4 is 0 Å². The lowest BCUT2D eigenvalue weighted by atomic mass is 9.81. The molecule has 0 aliphatic heterocycles. The summed E-state index contributed by atoms with van der Waals surface area (Å²) in [5.74, 6) is 1.66. The maximum atomic E-state index is 2.52. The zero-order valence-electron chi connectivity index (χ0n) is 13.6. The molecular weight excluding hydrogens is 204 g/mol. The fraction of sp³-hybridized carbons (Fsp3) is 0.941. The van der Waals surface area contributed by atoms with Gasteiger partial charge in [-0.15, -0.1) is 0 Å². The molecule has 2 atom stereocenters. The first kappa shape index (κ1) is 17.0. The van der Waals surface area contributed by atoms with Gasteiger partial charge >= 0.3 is 0 Å². The fourth-order valence-electron chi connectivity index (χ4n) is 2.92. The van der Waals surface area contributed by atoms with Gasteiger partial charge in [0.15, 0.2) is 0 Å². The summed E-state index contributed by atoms with van der Waals surface area (Å²) in [6.07, 6.45) is 7.75. The smallest absolute Gasteiger partial charge is 0.0380 e. The molecule has 0 aromatic carbocycles. The lowest BCUT2D eigenvalue weighted by molar-refractivity contribution is 0.288. The van der Waals surface area contributed by atoms with Gasteiger partial charge in [0.2, 0.25) is 0 Å². The summed E-state index contributed by atoms with van der Waals surface area (Å²) < 4.78 is 0. The van der Waals surface area contributed by atoms with E-state index in [9.17, 15) is 0 Å². The highest BCUT2D eigenvalue weighted by molar-refractivity contribution is 4.77. The highest BCUT2D eigenvalue weighted by Crippen LogP contribution is 2.29. The van der Waals surface area contributed by atoms with Crippen molar-refractivity contribution < 1.29 is 0 Å². The van der Waals surface area contributed by atoms with Gasteiger partial charge in [0.05, 0.1) is 0 Å². The van der Waals surface area contributed by atoms with Crippen LogP contribution in [-0.4, -0.2) is 0 Å². The van der Waals surface area contributed by atoms with E-state index in [2.05, 4.69) is 61.8 Å². The van der Waals surface area contributed by atoms with Crippen molar-refractivity contribution in [3.63, 3.8) is 0 Å². The van der Waals surface area contributed by atoms with Crippen LogP contribution in [0.2, 0.25) is 0 Å². The number of hydrogen-bond acceptors (Lipinski definition) is 0. The highest BCUT2D eigenvalue weighted by atomic mass is 14.2. The molecule has 0 saturated carbocycles. The zero-order chi connectivity index (χ0) is 13.7. The molecule has 0 aliphatic carbocycles. The van der Waals surface area contributed by atoms with E-state index >= 15 is 0 Å². The monoisotopic (exact) mass is 239 g/mol. The first-order chi connectivity index (χ1) is 7.49. The van der Waals surface area contributed by atoms with Crippen LogP contribution >= 0.6 is 0 Å². The molecule has 0 aliphatic rings. The van der Waals surface area contributed by atoms with E-state index in [1.807, 2.05) is 0 Å². The van der Waals surface area contributed by atoms with Crippen molar-refractivity contribution in [2.24, 2.45) is 22.7 Å². The molecule has 0 bridgehead atoms. The maximum absolute atomic E-state index is 2.52. The van der Waals surface area contributed by atoms with Gasteiger partial charge in [0.25, 0.3) is 0 Å². The second-order valence-electron chi connectivity index (χ2n) is 8.50. The summed E-state index contributed by atoms with van der Waals surface area (Å²) in [7, 11) is 0. The minimum atomic E-state index is 0.476. The quantitative estimate of drug-likeness (QED) is 0.524. The Hall–Kier alpha value is 0. The Morgan fingerprint density at radius 1 is 0.706 bits per heavy atom. The molecule has 0 aromatic rings. The third kappa shape index (κ3) is 12.2. The summed E-state index contributed by atoms with van der Waals surface area (Å²) in [5.41, 5.74) is 0.953. The lowest BCUT2D eigenvalue weighted by Gasteiger charge is -2.25. The molecular formula is C17H35. The van der Waals surface area contributed by atoms with Crippen molar-refractivity contribution in [3.05, 3.63) is 6.42 Å². The van der Waals surface area contributed by atoms with Gasteiger partial charge in [0, 0.05) is 0 Å². The topological polar surface area (TPSA) is 0 Å². The van der Waals surface area contributed by atoms with Crippen molar-refractivity contribution in [2.75, 3.05) is 0 Å². The van der Waals surface area contributed by atoms with Crippen molar-refractivity contribution in [3.8, 4) is 0 Å². The summed E-state index contributed by atoms with van der Waals surface area (Å²) in [4.78, 5) is 0. The van der Waals surface area contributed by atoms with Gasteiger partial charge in [-0.25, -0.2) is 0 Å². The van der Waals surface area contributed by atoms with Gasteiger partial charge < -0.3 is 0 Å². The minimum absolute atomic E-state index is 0.476. The second-order valence-corrected chi connectivity index (χ2v) is 8.50. The normalized spacial score (nSPS) is 16.9. The third-order valence-electron chi connectivity index (χ3n) is 3.06. The molecule has 0 rings (SSSR count). The number of rotatable bonds is 6. The highest BCUT2D eigenvalue weighted by Gasteiger charge is 2.17. The molecule has 0 spiro atoms. The molecule has 0 N–H and O–H groups in total. The first-order valence-electron chi connectivity index (χ1n) is 7.31. The molecule has 0 amide bonds. The Labute approximate surface area is 111 Å². The summed E-state index contributed by atoms with van der Waals surface area (Å²) in [6, 6.07) is 0. The zero-order valence-corrected chi connectivity index (χ0v) is 13.6. The summed E-state index contributed by atoms with van der Waals surface area (Å²) in [6.45, 7) is 18.8. The SMILES string of the molecule is CC(C[CH]CC(C)CC(C)(C)C)CC(C)(C)C. The van der Waals surface area contributed by atoms with E-state index in [0.29, 0.717) is 10.8 Å². The van der Waals surface area contributed by atoms with Crippen LogP contribution in [0.4, 0.5) is 0 Å². The van der Waals surface area contributed by atoms with E-state index < -0.39 is 0 Å². The average molecular weight is 239 g/mol. The van der Waals surface area contributed by atoms with Gasteiger partial charge in [-0.3, -0.25) is 0 Å². The third-order valence-corrected chi connectivity index (χ3v) is 3.06. The maximum Gasteiger partial charge on any atom is -0.0380 e. The van der Waals surface area contributed by atoms with Crippen LogP contribution < -0.4 is 0 Å². The molecule has 0 aromatic heterocycles. The molecule has 2 unspecified atom stereocenters. The number of hydrogen-bond donors (Lipinski definition) is 0. The molecule has 17 heavy (non-hydrogen) atoms. The second kappa shape index (κ2) is 6.81. The van der Waals surface area contributed by atoms with Crippen LogP contribution in [0.5, 0.6) is 0 Å². The van der Waals surface area contributed by atoms with Crippen molar-refractivity contribution in [1.82, 2.24) is 0 Å². The summed E-state index contributed by atoms with van der Waals surface area (Å²) in [5, 5.41) is 0. The Kier molecular flexibility index (Phi) is 6.81. The standard InChI is InChI=1S/C17H35/c1-14(12-16(3,4)5)10-9-11-15(2)13-17(6,7)8/h9,14-15H,10-13H2,1-8H3. The van der Waals surface area contributed by atoms with E-state index in [1.54, 1.807) is 0 Å². The Morgan fingerprint density at radius 3 is 1.24 bits per heavy atom. The molecule has 0 saturated heterocycles. The Morgan fingerprint density at radius 2 is 1.00 bits per heavy atom. The van der Waals surface area contributed by atoms with Crippen LogP contribution in [-0.2, 0) is 0 Å². The van der Waals surface area contributed by atoms with Crippen molar-refractivity contribution in [2.45, 2.75) is 81.1 Å². The van der Waals surface area contributed by atoms with Gasteiger partial charge in [-0.2, -0.15) is 0 Å². The molecule has 0 fully saturated rings. The molecule has 0 heteroatoms.